The van der Waals surface area contributed by atoms with Crippen molar-refractivity contribution in [2.45, 2.75) is 0 Å². The Bertz CT molecular complexity index is 710. The van der Waals surface area contributed by atoms with Crippen LogP contribution >= 0.6 is 15.9 Å². The molecule has 2 N–H and O–H groups in total. The molecule has 94 valence electrons. The second-order valence-electron chi connectivity index (χ2n) is 3.79. The van der Waals surface area contributed by atoms with Gasteiger partial charge in [0.25, 0.3) is 5.89 Å². The van der Waals surface area contributed by atoms with Gasteiger partial charge < -0.3 is 10.3 Å². The van der Waals surface area contributed by atoms with Crippen molar-refractivity contribution in [2.75, 3.05) is 5.73 Å². The Hall–Kier alpha value is -2.28. The molecule has 0 unspecified atom stereocenters. The number of nitrogens with two attached hydrogens (primary N) is 1. The summed E-state index contributed by atoms with van der Waals surface area (Å²) in [4.78, 5) is 12.3. The number of hydrogen-bond donors (Lipinski definition) is 1. The van der Waals surface area contributed by atoms with Crippen LogP contribution in [-0.4, -0.2) is 20.1 Å². The molecule has 19 heavy (non-hydrogen) atoms. The molecule has 0 aromatic carbocycles. The standard InChI is InChI=1S/C12H8BrN5O/c13-9-3-8(4-15-6-9)11-17-12(19-18-11)7-1-2-10(14)16-5-7/h1-6H,(H2,14,16). The van der Waals surface area contributed by atoms with E-state index in [1.807, 2.05) is 6.07 Å². The van der Waals surface area contributed by atoms with Gasteiger partial charge in [0.2, 0.25) is 5.82 Å². The minimum Gasteiger partial charge on any atom is -0.384 e. The van der Waals surface area contributed by atoms with Crippen LogP contribution in [0.5, 0.6) is 0 Å². The largest absolute Gasteiger partial charge is 0.384 e. The monoisotopic (exact) mass is 317 g/mol. The Labute approximate surface area is 116 Å². The summed E-state index contributed by atoms with van der Waals surface area (Å²) < 4.78 is 6.05. The Morgan fingerprint density at radius 2 is 2.00 bits per heavy atom. The smallest absolute Gasteiger partial charge is 0.259 e. The third kappa shape index (κ3) is 2.45. The maximum absolute atomic E-state index is 5.53. The van der Waals surface area contributed by atoms with E-state index >= 15 is 0 Å². The van der Waals surface area contributed by atoms with E-state index in [1.165, 1.54) is 0 Å². The summed E-state index contributed by atoms with van der Waals surface area (Å²) >= 11 is 3.35. The molecule has 3 heterocycles. The molecule has 0 aliphatic heterocycles. The molecule has 0 atom stereocenters. The highest BCUT2D eigenvalue weighted by Crippen LogP contribution is 2.23. The van der Waals surface area contributed by atoms with Gasteiger partial charge in [-0.3, -0.25) is 4.98 Å². The predicted octanol–water partition coefficient (Wildman–Crippen LogP) is 2.54. The SMILES string of the molecule is Nc1ccc(-c2nc(-c3cncc(Br)c3)no2)cn1. The normalized spacial score (nSPS) is 10.6. The number of halogens is 1. The van der Waals surface area contributed by atoms with Gasteiger partial charge in [0.05, 0.1) is 5.56 Å². The van der Waals surface area contributed by atoms with Crippen LogP contribution in [-0.2, 0) is 0 Å². The molecule has 3 aromatic heterocycles. The van der Waals surface area contributed by atoms with Gasteiger partial charge >= 0.3 is 0 Å². The van der Waals surface area contributed by atoms with E-state index in [2.05, 4.69) is 36.0 Å². The van der Waals surface area contributed by atoms with Crippen molar-refractivity contribution >= 4 is 21.7 Å². The van der Waals surface area contributed by atoms with E-state index in [0.717, 1.165) is 15.6 Å². The summed E-state index contributed by atoms with van der Waals surface area (Å²) in [6.07, 6.45) is 4.95. The van der Waals surface area contributed by atoms with Crippen molar-refractivity contribution in [3.05, 3.63) is 41.3 Å². The molecule has 0 radical (unpaired) electrons. The average molecular weight is 318 g/mol. The fourth-order valence-electron chi connectivity index (χ4n) is 1.52. The molecular weight excluding hydrogens is 310 g/mol. The number of anilines is 1. The van der Waals surface area contributed by atoms with Crippen LogP contribution in [0.4, 0.5) is 5.82 Å². The molecule has 0 aliphatic carbocycles. The van der Waals surface area contributed by atoms with E-state index in [9.17, 15) is 0 Å². The lowest BCUT2D eigenvalue weighted by Gasteiger charge is -1.94. The van der Waals surface area contributed by atoms with Crippen LogP contribution in [0, 0.1) is 0 Å². The van der Waals surface area contributed by atoms with Crippen molar-refractivity contribution in [3.8, 4) is 22.8 Å². The number of rotatable bonds is 2. The highest BCUT2D eigenvalue weighted by molar-refractivity contribution is 9.10. The van der Waals surface area contributed by atoms with Crippen molar-refractivity contribution in [3.63, 3.8) is 0 Å². The number of hydrogen-bond acceptors (Lipinski definition) is 6. The van der Waals surface area contributed by atoms with Crippen molar-refractivity contribution < 1.29 is 4.52 Å². The van der Waals surface area contributed by atoms with Crippen molar-refractivity contribution in [1.29, 1.82) is 0 Å². The van der Waals surface area contributed by atoms with E-state index in [0.29, 0.717) is 17.5 Å². The maximum Gasteiger partial charge on any atom is 0.259 e. The minimum absolute atomic E-state index is 0.391. The summed E-state index contributed by atoms with van der Waals surface area (Å²) in [7, 11) is 0. The lowest BCUT2D eigenvalue weighted by Crippen LogP contribution is -1.89. The van der Waals surface area contributed by atoms with Crippen molar-refractivity contribution in [1.82, 2.24) is 20.1 Å². The highest BCUT2D eigenvalue weighted by Gasteiger charge is 2.11. The van der Waals surface area contributed by atoms with Gasteiger partial charge in [0, 0.05) is 28.6 Å². The van der Waals surface area contributed by atoms with Crippen LogP contribution in [0.15, 0.2) is 45.8 Å². The summed E-state index contributed by atoms with van der Waals surface area (Å²) in [5, 5.41) is 3.92. The lowest BCUT2D eigenvalue weighted by molar-refractivity contribution is 0.432. The summed E-state index contributed by atoms with van der Waals surface area (Å²) in [6, 6.07) is 5.32. The third-order valence-corrected chi connectivity index (χ3v) is 2.86. The minimum atomic E-state index is 0.391. The molecular formula is C12H8BrN5O. The Morgan fingerprint density at radius 1 is 1.11 bits per heavy atom. The first-order chi connectivity index (χ1) is 9.22. The summed E-state index contributed by atoms with van der Waals surface area (Å²) in [5.74, 6) is 1.31. The Morgan fingerprint density at radius 3 is 2.74 bits per heavy atom. The molecule has 0 saturated carbocycles. The topological polar surface area (TPSA) is 90.7 Å². The first-order valence-corrected chi connectivity index (χ1v) is 6.18. The molecule has 0 amide bonds. The fraction of sp³-hybridized carbons (Fsp3) is 0. The first kappa shape index (κ1) is 11.8. The predicted molar refractivity (Wildman–Crippen MR) is 72.9 cm³/mol. The van der Waals surface area contributed by atoms with Crippen LogP contribution in [0.3, 0.4) is 0 Å². The van der Waals surface area contributed by atoms with E-state index in [-0.39, 0.29) is 0 Å². The molecule has 0 fully saturated rings. The molecule has 0 aliphatic rings. The highest BCUT2D eigenvalue weighted by atomic mass is 79.9. The van der Waals surface area contributed by atoms with Crippen LogP contribution in [0.1, 0.15) is 0 Å². The molecule has 7 heteroatoms. The average Bonchev–Trinajstić information content (AvgIpc) is 2.89. The van der Waals surface area contributed by atoms with Gasteiger partial charge in [0.15, 0.2) is 0 Å². The van der Waals surface area contributed by atoms with E-state index in [4.69, 9.17) is 10.3 Å². The molecule has 0 spiro atoms. The molecule has 3 rings (SSSR count). The zero-order valence-corrected chi connectivity index (χ0v) is 11.2. The Balaban J connectivity index is 1.97. The quantitative estimate of drug-likeness (QED) is 0.781. The van der Waals surface area contributed by atoms with Gasteiger partial charge in [-0.25, -0.2) is 4.98 Å². The molecule has 3 aromatic rings. The molecule has 0 saturated heterocycles. The first-order valence-electron chi connectivity index (χ1n) is 5.39. The second kappa shape index (κ2) is 4.77. The maximum atomic E-state index is 5.53. The zero-order chi connectivity index (χ0) is 13.2. The van der Waals surface area contributed by atoms with Crippen LogP contribution in [0.2, 0.25) is 0 Å². The fourth-order valence-corrected chi connectivity index (χ4v) is 1.89. The zero-order valence-electron chi connectivity index (χ0n) is 9.62. The number of aromatic nitrogens is 4. The lowest BCUT2D eigenvalue weighted by atomic mass is 10.2. The van der Waals surface area contributed by atoms with E-state index in [1.54, 1.807) is 30.7 Å². The number of pyridine rings is 2. The van der Waals surface area contributed by atoms with Crippen molar-refractivity contribution in [2.24, 2.45) is 0 Å². The number of nitrogens with zero attached hydrogens (tertiary/aromatic N) is 4. The second-order valence-corrected chi connectivity index (χ2v) is 4.70. The van der Waals surface area contributed by atoms with E-state index < -0.39 is 0 Å². The van der Waals surface area contributed by atoms with Gasteiger partial charge in [-0.05, 0) is 34.1 Å². The molecule has 0 bridgehead atoms. The number of nitrogen functional groups attached to an aromatic ring is 1. The Kier molecular flexibility index (Phi) is 2.96. The summed E-state index contributed by atoms with van der Waals surface area (Å²) in [5.41, 5.74) is 7.02. The molecule has 6 nitrogen and oxygen atoms in total. The van der Waals surface area contributed by atoms with Gasteiger partial charge in [-0.2, -0.15) is 4.98 Å². The van der Waals surface area contributed by atoms with Crippen LogP contribution in [0.25, 0.3) is 22.8 Å². The van der Waals surface area contributed by atoms with Gasteiger partial charge in [-0.15, -0.1) is 0 Å². The van der Waals surface area contributed by atoms with Crippen LogP contribution < -0.4 is 5.73 Å². The van der Waals surface area contributed by atoms with Gasteiger partial charge in [-0.1, -0.05) is 5.16 Å². The van der Waals surface area contributed by atoms with Gasteiger partial charge in [0.1, 0.15) is 5.82 Å². The summed E-state index contributed by atoms with van der Waals surface area (Å²) in [6.45, 7) is 0. The third-order valence-electron chi connectivity index (χ3n) is 2.42.